The molecule has 1 amide bonds. The van der Waals surface area contributed by atoms with Crippen LogP contribution in [0.4, 0.5) is 18.9 Å². The number of nitrogens with two attached hydrogens (primary N) is 1. The van der Waals surface area contributed by atoms with Crippen LogP contribution in [0.1, 0.15) is 22.8 Å². The fourth-order valence-corrected chi connectivity index (χ4v) is 1.87. The van der Waals surface area contributed by atoms with E-state index in [0.717, 1.165) is 12.1 Å². The summed E-state index contributed by atoms with van der Waals surface area (Å²) in [4.78, 5) is 15.6. The zero-order valence-electron chi connectivity index (χ0n) is 12.7. The molecule has 2 rings (SSSR count). The number of hydrogen-bond donors (Lipinski definition) is 2. The number of amides is 1. The second-order valence-corrected chi connectivity index (χ2v) is 4.90. The van der Waals surface area contributed by atoms with E-state index >= 15 is 0 Å². The molecule has 1 aromatic carbocycles. The van der Waals surface area contributed by atoms with Crippen molar-refractivity contribution in [2.75, 3.05) is 11.9 Å². The van der Waals surface area contributed by atoms with Crippen molar-refractivity contribution in [2.24, 2.45) is 5.73 Å². The molecule has 0 saturated heterocycles. The Morgan fingerprint density at radius 2 is 2.12 bits per heavy atom. The van der Waals surface area contributed by atoms with Crippen molar-refractivity contribution in [1.82, 2.24) is 10.1 Å². The van der Waals surface area contributed by atoms with E-state index in [4.69, 9.17) is 15.0 Å². The quantitative estimate of drug-likeness (QED) is 0.831. The molecular weight excluding hydrogens is 329 g/mol. The van der Waals surface area contributed by atoms with Crippen LogP contribution in [0, 0.1) is 6.92 Å². The number of rotatable bonds is 6. The van der Waals surface area contributed by atoms with Gasteiger partial charge in [-0.15, -0.1) is 0 Å². The molecule has 0 spiro atoms. The number of aromatic nitrogens is 2. The lowest BCUT2D eigenvalue weighted by molar-refractivity contribution is -0.137. The number of halogens is 3. The number of benzene rings is 1. The molecule has 3 N–H and O–H groups in total. The van der Waals surface area contributed by atoms with E-state index in [1.54, 1.807) is 6.92 Å². The molecule has 1 heterocycles. The van der Waals surface area contributed by atoms with E-state index in [-0.39, 0.29) is 36.9 Å². The Balaban J connectivity index is 1.95. The first-order chi connectivity index (χ1) is 11.3. The number of carbonyl (C=O) groups excluding carboxylic acids is 1. The van der Waals surface area contributed by atoms with Gasteiger partial charge in [0.1, 0.15) is 13.2 Å². The van der Waals surface area contributed by atoms with Crippen LogP contribution < -0.4 is 11.1 Å². The highest BCUT2D eigenvalue weighted by atomic mass is 19.4. The van der Waals surface area contributed by atoms with Crippen molar-refractivity contribution < 1.29 is 27.2 Å². The lowest BCUT2D eigenvalue weighted by Crippen LogP contribution is -2.19. The van der Waals surface area contributed by atoms with Gasteiger partial charge in [0.25, 0.3) is 5.89 Å². The highest BCUT2D eigenvalue weighted by Gasteiger charge is 2.31. The summed E-state index contributed by atoms with van der Waals surface area (Å²) < 4.78 is 48.3. The molecule has 0 saturated carbocycles. The molecule has 0 aliphatic heterocycles. The monoisotopic (exact) mass is 344 g/mol. The van der Waals surface area contributed by atoms with E-state index in [9.17, 15) is 18.0 Å². The first kappa shape index (κ1) is 17.9. The van der Waals surface area contributed by atoms with Crippen LogP contribution in [0.25, 0.3) is 0 Å². The number of hydrogen-bond acceptors (Lipinski definition) is 6. The fourth-order valence-electron chi connectivity index (χ4n) is 1.87. The van der Waals surface area contributed by atoms with Crippen LogP contribution >= 0.6 is 0 Å². The summed E-state index contributed by atoms with van der Waals surface area (Å²) in [5.74, 6) is 0.00894. The molecule has 0 aliphatic rings. The largest absolute Gasteiger partial charge is 0.416 e. The lowest BCUT2D eigenvalue weighted by atomic mass is 10.1. The van der Waals surface area contributed by atoms with Gasteiger partial charge in [0.05, 0.1) is 5.56 Å². The van der Waals surface area contributed by atoms with Gasteiger partial charge in [-0.2, -0.15) is 18.2 Å². The van der Waals surface area contributed by atoms with E-state index in [2.05, 4.69) is 15.5 Å². The molecular formula is C14H15F3N4O3. The molecule has 0 aliphatic carbocycles. The van der Waals surface area contributed by atoms with Gasteiger partial charge in [-0.3, -0.25) is 4.79 Å². The average molecular weight is 344 g/mol. The second-order valence-electron chi connectivity index (χ2n) is 4.90. The highest BCUT2D eigenvalue weighted by Crippen LogP contribution is 2.31. The summed E-state index contributed by atoms with van der Waals surface area (Å²) in [6, 6.07) is 3.14. The average Bonchev–Trinajstić information content (AvgIpc) is 2.91. The number of ether oxygens (including phenoxy) is 1. The van der Waals surface area contributed by atoms with Crippen molar-refractivity contribution >= 4 is 11.6 Å². The Morgan fingerprint density at radius 1 is 1.38 bits per heavy atom. The Kier molecular flexibility index (Phi) is 5.52. The first-order valence-electron chi connectivity index (χ1n) is 6.86. The maximum Gasteiger partial charge on any atom is 0.416 e. The number of nitrogens with zero attached hydrogens (tertiary/aromatic N) is 2. The van der Waals surface area contributed by atoms with Gasteiger partial charge in [-0.05, 0) is 30.7 Å². The zero-order chi connectivity index (χ0) is 17.7. The molecule has 0 atom stereocenters. The number of alkyl halides is 3. The van der Waals surface area contributed by atoms with E-state index < -0.39 is 17.6 Å². The summed E-state index contributed by atoms with van der Waals surface area (Å²) in [5.41, 5.74) is 4.74. The number of nitrogens with one attached hydrogen (secondary N) is 1. The van der Waals surface area contributed by atoms with Crippen LogP contribution in [-0.4, -0.2) is 22.7 Å². The lowest BCUT2D eigenvalue weighted by Gasteiger charge is -2.12. The van der Waals surface area contributed by atoms with Crippen LogP contribution in [0.5, 0.6) is 0 Å². The highest BCUT2D eigenvalue weighted by molar-refractivity contribution is 5.91. The molecule has 0 radical (unpaired) electrons. The van der Waals surface area contributed by atoms with E-state index in [1.165, 1.54) is 6.07 Å². The van der Waals surface area contributed by atoms with Gasteiger partial charge < -0.3 is 20.3 Å². The Hall–Kier alpha value is -2.46. The van der Waals surface area contributed by atoms with Gasteiger partial charge in [-0.1, -0.05) is 5.16 Å². The van der Waals surface area contributed by atoms with Crippen molar-refractivity contribution in [2.45, 2.75) is 26.3 Å². The molecule has 0 fully saturated rings. The van der Waals surface area contributed by atoms with Crippen molar-refractivity contribution in [1.29, 1.82) is 0 Å². The van der Waals surface area contributed by atoms with E-state index in [0.29, 0.717) is 5.82 Å². The van der Waals surface area contributed by atoms with Crippen molar-refractivity contribution in [3.8, 4) is 0 Å². The van der Waals surface area contributed by atoms with Crippen LogP contribution in [0.15, 0.2) is 22.7 Å². The van der Waals surface area contributed by atoms with Gasteiger partial charge in [-0.25, -0.2) is 0 Å². The van der Waals surface area contributed by atoms with Gasteiger partial charge in [0.15, 0.2) is 5.82 Å². The molecule has 7 nitrogen and oxygen atoms in total. The minimum Gasteiger partial charge on any atom is -0.362 e. The zero-order valence-corrected chi connectivity index (χ0v) is 12.7. The molecule has 0 unspecified atom stereocenters. The predicted octanol–water partition coefficient (Wildman–Crippen LogP) is 2.01. The molecule has 2 aromatic rings. The third-order valence-electron chi connectivity index (χ3n) is 2.87. The van der Waals surface area contributed by atoms with Gasteiger partial charge in [0.2, 0.25) is 5.91 Å². The minimum absolute atomic E-state index is 0.00694. The normalized spacial score (nSPS) is 11.5. The fraction of sp³-hybridized carbons (Fsp3) is 0.357. The maximum atomic E-state index is 12.8. The van der Waals surface area contributed by atoms with Crippen LogP contribution in [0.2, 0.25) is 0 Å². The van der Waals surface area contributed by atoms with Gasteiger partial charge in [0, 0.05) is 12.2 Å². The Bertz CT molecular complexity index is 716. The third kappa shape index (κ3) is 5.03. The smallest absolute Gasteiger partial charge is 0.362 e. The number of anilines is 1. The Labute approximate surface area is 135 Å². The summed E-state index contributed by atoms with van der Waals surface area (Å²) in [5, 5.41) is 5.88. The first-order valence-corrected chi connectivity index (χ1v) is 6.86. The van der Waals surface area contributed by atoms with Crippen molar-refractivity contribution in [3.05, 3.63) is 41.0 Å². The van der Waals surface area contributed by atoms with E-state index in [1.807, 2.05) is 0 Å². The molecule has 10 heteroatoms. The maximum absolute atomic E-state index is 12.8. The second kappa shape index (κ2) is 7.41. The minimum atomic E-state index is -4.53. The number of aryl methyl sites for hydroxylation is 1. The summed E-state index contributed by atoms with van der Waals surface area (Å²) in [6.45, 7) is 1.09. The van der Waals surface area contributed by atoms with Crippen LogP contribution in [0.3, 0.4) is 0 Å². The topological polar surface area (TPSA) is 103 Å². The standard InChI is InChI=1S/C14H15F3N4O3/c1-8-19-13(24-21-8)7-23-6-12(22)20-11-3-9(5-18)2-10(4-11)14(15,16)17/h2-4H,5-7,18H2,1H3,(H,20,22). The third-order valence-corrected chi connectivity index (χ3v) is 2.87. The summed E-state index contributed by atoms with van der Waals surface area (Å²) in [6.07, 6.45) is -4.53. The molecule has 0 bridgehead atoms. The SMILES string of the molecule is Cc1noc(COCC(=O)Nc2cc(CN)cc(C(F)(F)F)c2)n1. The van der Waals surface area contributed by atoms with Crippen molar-refractivity contribution in [3.63, 3.8) is 0 Å². The van der Waals surface area contributed by atoms with Crippen LogP contribution in [-0.2, 0) is 28.9 Å². The van der Waals surface area contributed by atoms with Gasteiger partial charge >= 0.3 is 6.18 Å². The summed E-state index contributed by atoms with van der Waals surface area (Å²) in [7, 11) is 0. The Morgan fingerprint density at radius 3 is 2.71 bits per heavy atom. The molecule has 24 heavy (non-hydrogen) atoms. The summed E-state index contributed by atoms with van der Waals surface area (Å²) >= 11 is 0. The molecule has 1 aromatic heterocycles. The molecule has 130 valence electrons. The number of carbonyl (C=O) groups is 1. The predicted molar refractivity (Wildman–Crippen MR) is 76.7 cm³/mol.